The van der Waals surface area contributed by atoms with Gasteiger partial charge in [-0.1, -0.05) is 128 Å². The van der Waals surface area contributed by atoms with Crippen LogP contribution in [0, 0.1) is 17.2 Å². The van der Waals surface area contributed by atoms with Crippen LogP contribution in [0.15, 0.2) is 151 Å². The van der Waals surface area contributed by atoms with Crippen molar-refractivity contribution in [2.24, 2.45) is 11.8 Å². The van der Waals surface area contributed by atoms with Gasteiger partial charge < -0.3 is 5.41 Å². The largest absolute Gasteiger partial charge is 0.300 e. The van der Waals surface area contributed by atoms with Crippen molar-refractivity contribution in [1.82, 2.24) is 0 Å². The topological polar surface area (TPSA) is 23.9 Å². The summed E-state index contributed by atoms with van der Waals surface area (Å²) in [6, 6.07) is 37.4. The molecule has 1 nitrogen and oxygen atoms in total. The summed E-state index contributed by atoms with van der Waals surface area (Å²) in [7, 11) is 0. The third-order valence-corrected chi connectivity index (χ3v) is 9.94. The molecule has 2 unspecified atom stereocenters. The normalized spacial score (nSPS) is 17.4. The van der Waals surface area contributed by atoms with Gasteiger partial charge in [0, 0.05) is 5.56 Å². The van der Waals surface area contributed by atoms with Crippen LogP contribution in [0.4, 0.5) is 0 Å². The smallest absolute Gasteiger partial charge is 0.0609 e. The van der Waals surface area contributed by atoms with Crippen molar-refractivity contribution in [3.8, 4) is 11.1 Å². The maximum absolute atomic E-state index is 9.06. The molecule has 2 atom stereocenters. The third kappa shape index (κ3) is 5.34. The number of allylic oxidation sites excluding steroid dienone is 7. The van der Waals surface area contributed by atoms with Crippen LogP contribution < -0.4 is 0 Å². The van der Waals surface area contributed by atoms with E-state index >= 15 is 0 Å². The van der Waals surface area contributed by atoms with Crippen LogP contribution in [-0.2, 0) is 0 Å². The molecule has 0 spiro atoms. The minimum Gasteiger partial charge on any atom is -0.300 e. The van der Waals surface area contributed by atoms with Crippen molar-refractivity contribution in [2.45, 2.75) is 33.1 Å². The molecule has 6 aromatic rings. The Balaban J connectivity index is 1.25. The van der Waals surface area contributed by atoms with Crippen molar-refractivity contribution in [3.63, 3.8) is 0 Å². The summed E-state index contributed by atoms with van der Waals surface area (Å²) in [5, 5.41) is 19.0. The molecule has 0 heterocycles. The molecule has 45 heavy (non-hydrogen) atoms. The molecule has 0 saturated heterocycles. The molecule has 0 fully saturated rings. The highest BCUT2D eigenvalue weighted by molar-refractivity contribution is 6.26. The van der Waals surface area contributed by atoms with Crippen LogP contribution in [-0.4, -0.2) is 5.71 Å². The van der Waals surface area contributed by atoms with Crippen LogP contribution in [0.2, 0.25) is 0 Å². The molecule has 1 heteroatoms. The molecule has 0 aromatic heterocycles. The average Bonchev–Trinajstić information content (AvgIpc) is 3.09. The van der Waals surface area contributed by atoms with E-state index in [4.69, 9.17) is 5.41 Å². The van der Waals surface area contributed by atoms with Crippen LogP contribution in [0.25, 0.3) is 54.2 Å². The van der Waals surface area contributed by atoms with Crippen LogP contribution in [0.1, 0.15) is 38.7 Å². The van der Waals surface area contributed by atoms with Gasteiger partial charge in [-0.2, -0.15) is 0 Å². The van der Waals surface area contributed by atoms with Gasteiger partial charge in [-0.05, 0) is 122 Å². The summed E-state index contributed by atoms with van der Waals surface area (Å²) in [4.78, 5) is 0. The molecular formula is C44H39N. The summed E-state index contributed by atoms with van der Waals surface area (Å²) in [6.45, 7) is 8.40. The standard InChI is InChI=1S/C44H39N/c1-4-6-11-30-16-18-32(37(5-2)29(30)3)22-25-44(45)36-21-24-41-40-23-20-35(34-19-17-31-12-7-8-13-33(31)26-34)27-42(40)38-14-9-10-15-39(38)43(41)28-36/h4,6-15,17,19-28,32,37,45H,1,5,16,18H2,2-3H3/b11-6-,25-22-,45-44?. The quantitative estimate of drug-likeness (QED) is 0.110. The van der Waals surface area contributed by atoms with Crippen LogP contribution in [0.5, 0.6) is 0 Å². The lowest BCUT2D eigenvalue weighted by atomic mass is 9.74. The maximum atomic E-state index is 9.06. The molecule has 6 aromatic carbocycles. The Kier molecular flexibility index (Phi) is 7.78. The first-order valence-electron chi connectivity index (χ1n) is 16.2. The summed E-state index contributed by atoms with van der Waals surface area (Å²) in [6.07, 6.45) is 13.8. The van der Waals surface area contributed by atoms with Crippen LogP contribution in [0.3, 0.4) is 0 Å². The molecule has 0 saturated carbocycles. The zero-order valence-electron chi connectivity index (χ0n) is 26.2. The fourth-order valence-electron chi connectivity index (χ4n) is 7.51. The maximum Gasteiger partial charge on any atom is 0.0609 e. The first-order valence-corrected chi connectivity index (χ1v) is 16.2. The molecular weight excluding hydrogens is 542 g/mol. The molecule has 7 rings (SSSR count). The van der Waals surface area contributed by atoms with E-state index in [9.17, 15) is 0 Å². The fraction of sp³-hybridized carbons (Fsp3) is 0.159. The number of fused-ring (bicyclic) bond motifs is 7. The number of hydrogen-bond acceptors (Lipinski definition) is 1. The Hall–Kier alpha value is -5.01. The van der Waals surface area contributed by atoms with Gasteiger partial charge in [0.25, 0.3) is 0 Å². The van der Waals surface area contributed by atoms with Gasteiger partial charge in [0.15, 0.2) is 0 Å². The van der Waals surface area contributed by atoms with E-state index in [0.29, 0.717) is 17.5 Å². The van der Waals surface area contributed by atoms with Crippen molar-refractivity contribution in [3.05, 3.63) is 157 Å². The van der Waals surface area contributed by atoms with Gasteiger partial charge in [0.1, 0.15) is 0 Å². The van der Waals surface area contributed by atoms with Crippen LogP contribution >= 0.6 is 0 Å². The highest BCUT2D eigenvalue weighted by Gasteiger charge is 2.25. The Morgan fingerprint density at radius 3 is 2.16 bits per heavy atom. The Labute approximate surface area is 266 Å². The monoisotopic (exact) mass is 581 g/mol. The SMILES string of the molecule is C=C/C=C\C1=C(C)C(CC)C(/C=C\C(=N)c2ccc3c4ccc(-c5ccc6ccccc6c5)cc4c4ccccc4c3c2)CC1. The molecule has 0 amide bonds. The molecule has 0 aliphatic heterocycles. The van der Waals surface area contributed by atoms with Gasteiger partial charge in [-0.3, -0.25) is 0 Å². The van der Waals surface area contributed by atoms with Gasteiger partial charge in [0.2, 0.25) is 0 Å². The summed E-state index contributed by atoms with van der Waals surface area (Å²) in [5.41, 5.74) is 6.91. The van der Waals surface area contributed by atoms with E-state index in [1.54, 1.807) is 0 Å². The minimum atomic E-state index is 0.457. The Morgan fingerprint density at radius 1 is 0.756 bits per heavy atom. The number of rotatable bonds is 7. The van der Waals surface area contributed by atoms with Crippen molar-refractivity contribution >= 4 is 48.8 Å². The van der Waals surface area contributed by atoms with Crippen molar-refractivity contribution < 1.29 is 0 Å². The first-order chi connectivity index (χ1) is 22.1. The molecule has 220 valence electrons. The lowest BCUT2D eigenvalue weighted by Gasteiger charge is -2.31. The minimum absolute atomic E-state index is 0.457. The number of nitrogens with one attached hydrogen (secondary N) is 1. The highest BCUT2D eigenvalue weighted by Crippen LogP contribution is 2.40. The number of benzene rings is 6. The molecule has 1 aliphatic rings. The summed E-state index contributed by atoms with van der Waals surface area (Å²) in [5.74, 6) is 0.969. The summed E-state index contributed by atoms with van der Waals surface area (Å²) < 4.78 is 0. The first kappa shape index (κ1) is 28.7. The lowest BCUT2D eigenvalue weighted by molar-refractivity contribution is 0.390. The Bertz CT molecular complexity index is 2190. The second-order valence-corrected chi connectivity index (χ2v) is 12.4. The number of hydrogen-bond donors (Lipinski definition) is 1. The van der Waals surface area contributed by atoms with E-state index in [0.717, 1.165) is 24.8 Å². The van der Waals surface area contributed by atoms with Gasteiger partial charge >= 0.3 is 0 Å². The second-order valence-electron chi connectivity index (χ2n) is 12.4. The third-order valence-electron chi connectivity index (χ3n) is 9.94. The van der Waals surface area contributed by atoms with Gasteiger partial charge in [-0.25, -0.2) is 0 Å². The zero-order chi connectivity index (χ0) is 30.9. The zero-order valence-corrected chi connectivity index (χ0v) is 26.2. The van der Waals surface area contributed by atoms with Crippen molar-refractivity contribution in [2.75, 3.05) is 0 Å². The average molecular weight is 582 g/mol. The van der Waals surface area contributed by atoms with Gasteiger partial charge in [-0.15, -0.1) is 0 Å². The molecule has 0 radical (unpaired) electrons. The Morgan fingerprint density at radius 2 is 1.40 bits per heavy atom. The van der Waals surface area contributed by atoms with E-state index in [1.807, 2.05) is 18.2 Å². The van der Waals surface area contributed by atoms with E-state index in [-0.39, 0.29) is 0 Å². The molecule has 1 aliphatic carbocycles. The van der Waals surface area contributed by atoms with E-state index < -0.39 is 0 Å². The highest BCUT2D eigenvalue weighted by atomic mass is 14.4. The van der Waals surface area contributed by atoms with E-state index in [1.165, 1.54) is 65.4 Å². The predicted octanol–water partition coefficient (Wildman–Crippen LogP) is 12.4. The molecule has 1 N–H and O–H groups in total. The lowest BCUT2D eigenvalue weighted by Crippen LogP contribution is -2.19. The second kappa shape index (κ2) is 12.2. The van der Waals surface area contributed by atoms with Crippen molar-refractivity contribution in [1.29, 1.82) is 5.41 Å². The fourth-order valence-corrected chi connectivity index (χ4v) is 7.51. The molecule has 0 bridgehead atoms. The van der Waals surface area contributed by atoms with Gasteiger partial charge in [0.05, 0.1) is 5.71 Å². The van der Waals surface area contributed by atoms with E-state index in [2.05, 4.69) is 136 Å². The summed E-state index contributed by atoms with van der Waals surface area (Å²) >= 11 is 0. The predicted molar refractivity (Wildman–Crippen MR) is 196 cm³/mol.